The summed E-state index contributed by atoms with van der Waals surface area (Å²) in [5.41, 5.74) is 1.79. The minimum atomic E-state index is 0. The molecule has 0 aromatic heterocycles. The quantitative estimate of drug-likeness (QED) is 0.226. The van der Waals surface area contributed by atoms with Gasteiger partial charge in [0.05, 0.1) is 24.3 Å². The normalized spacial score (nSPS) is 15.6. The maximum absolute atomic E-state index is 8.81. The second-order valence-electron chi connectivity index (χ2n) is 6.15. The van der Waals surface area contributed by atoms with Gasteiger partial charge in [-0.15, -0.1) is 24.0 Å². The van der Waals surface area contributed by atoms with Crippen LogP contribution in [0, 0.1) is 11.3 Å². The highest BCUT2D eigenvalue weighted by Gasteiger charge is 2.12. The SMILES string of the molecule is CN=C(NCCOC1CCCCCC1)NCc1ccc(C#N)cc1.I. The number of hydrogen-bond donors (Lipinski definition) is 2. The van der Waals surface area contributed by atoms with Crippen molar-refractivity contribution in [1.82, 2.24) is 10.6 Å². The summed E-state index contributed by atoms with van der Waals surface area (Å²) in [5.74, 6) is 0.767. The monoisotopic (exact) mass is 456 g/mol. The second-order valence-corrected chi connectivity index (χ2v) is 6.15. The number of rotatable bonds is 6. The Hall–Kier alpha value is -1.33. The van der Waals surface area contributed by atoms with Crippen molar-refractivity contribution in [2.24, 2.45) is 4.99 Å². The lowest BCUT2D eigenvalue weighted by atomic mass is 10.1. The Bertz CT molecular complexity index is 546. The van der Waals surface area contributed by atoms with Crippen molar-refractivity contribution in [2.75, 3.05) is 20.2 Å². The standard InChI is InChI=1S/C19H28N4O.HI/c1-21-19(23-15-17-10-8-16(14-20)9-11-17)22-12-13-24-18-6-4-2-3-5-7-18;/h8-11,18H,2-7,12-13,15H2,1H3,(H2,21,22,23);1H. The topological polar surface area (TPSA) is 69.4 Å². The number of aliphatic imine (C=N–C) groups is 1. The largest absolute Gasteiger partial charge is 0.376 e. The van der Waals surface area contributed by atoms with Gasteiger partial charge in [0.15, 0.2) is 5.96 Å². The predicted molar refractivity (Wildman–Crippen MR) is 112 cm³/mol. The van der Waals surface area contributed by atoms with Gasteiger partial charge >= 0.3 is 0 Å². The summed E-state index contributed by atoms with van der Waals surface area (Å²) in [6, 6.07) is 9.68. The van der Waals surface area contributed by atoms with Crippen LogP contribution < -0.4 is 10.6 Å². The van der Waals surface area contributed by atoms with Gasteiger partial charge in [0.25, 0.3) is 0 Å². The van der Waals surface area contributed by atoms with Crippen LogP contribution in [0.25, 0.3) is 0 Å². The van der Waals surface area contributed by atoms with E-state index in [2.05, 4.69) is 21.7 Å². The van der Waals surface area contributed by atoms with Gasteiger partial charge in [0.2, 0.25) is 0 Å². The lowest BCUT2D eigenvalue weighted by molar-refractivity contribution is 0.0468. The van der Waals surface area contributed by atoms with E-state index >= 15 is 0 Å². The third kappa shape index (κ3) is 8.54. The highest BCUT2D eigenvalue weighted by atomic mass is 127. The summed E-state index contributed by atoms with van der Waals surface area (Å²) in [6.45, 7) is 2.14. The van der Waals surface area contributed by atoms with Gasteiger partial charge in [-0.05, 0) is 30.5 Å². The Balaban J connectivity index is 0.00000312. The molecular weight excluding hydrogens is 427 g/mol. The van der Waals surface area contributed by atoms with E-state index in [4.69, 9.17) is 10.00 Å². The van der Waals surface area contributed by atoms with Crippen molar-refractivity contribution in [2.45, 2.75) is 51.2 Å². The highest BCUT2D eigenvalue weighted by molar-refractivity contribution is 14.0. The molecule has 138 valence electrons. The molecule has 25 heavy (non-hydrogen) atoms. The summed E-state index contributed by atoms with van der Waals surface area (Å²) >= 11 is 0. The molecule has 5 nitrogen and oxygen atoms in total. The molecule has 1 fully saturated rings. The van der Waals surface area contributed by atoms with E-state index in [-0.39, 0.29) is 24.0 Å². The average molecular weight is 456 g/mol. The molecule has 6 heteroatoms. The van der Waals surface area contributed by atoms with Crippen molar-refractivity contribution in [1.29, 1.82) is 5.26 Å². The number of nitriles is 1. The summed E-state index contributed by atoms with van der Waals surface area (Å²) in [4.78, 5) is 4.22. The number of nitrogens with one attached hydrogen (secondary N) is 2. The maximum Gasteiger partial charge on any atom is 0.191 e. The molecule has 0 heterocycles. The van der Waals surface area contributed by atoms with Crippen molar-refractivity contribution >= 4 is 29.9 Å². The molecule has 2 N–H and O–H groups in total. The Morgan fingerprint density at radius 3 is 2.44 bits per heavy atom. The van der Waals surface area contributed by atoms with Gasteiger partial charge in [0, 0.05) is 20.1 Å². The van der Waals surface area contributed by atoms with Crippen LogP contribution in [0.15, 0.2) is 29.3 Å². The van der Waals surface area contributed by atoms with Crippen LogP contribution in [-0.4, -0.2) is 32.3 Å². The first-order valence-corrected chi connectivity index (χ1v) is 8.87. The van der Waals surface area contributed by atoms with Crippen LogP contribution in [-0.2, 0) is 11.3 Å². The van der Waals surface area contributed by atoms with Crippen LogP contribution in [0.1, 0.15) is 49.7 Å². The fourth-order valence-corrected chi connectivity index (χ4v) is 2.91. The highest BCUT2D eigenvalue weighted by Crippen LogP contribution is 2.19. The Kier molecular flexibility index (Phi) is 11.2. The second kappa shape index (κ2) is 13.0. The average Bonchev–Trinajstić information content (AvgIpc) is 2.90. The molecule has 0 spiro atoms. The maximum atomic E-state index is 8.81. The van der Waals surface area contributed by atoms with E-state index in [1.807, 2.05) is 24.3 Å². The van der Waals surface area contributed by atoms with E-state index in [1.165, 1.54) is 38.5 Å². The number of benzene rings is 1. The molecule has 2 rings (SSSR count). The first-order chi connectivity index (χ1) is 11.8. The van der Waals surface area contributed by atoms with Gasteiger partial charge in [-0.25, -0.2) is 0 Å². The zero-order valence-corrected chi connectivity index (χ0v) is 17.3. The first kappa shape index (κ1) is 21.7. The molecule has 0 radical (unpaired) electrons. The minimum absolute atomic E-state index is 0. The van der Waals surface area contributed by atoms with Crippen LogP contribution in [0.2, 0.25) is 0 Å². The van der Waals surface area contributed by atoms with Crippen LogP contribution >= 0.6 is 24.0 Å². The molecule has 0 saturated heterocycles. The van der Waals surface area contributed by atoms with Gasteiger partial charge in [-0.2, -0.15) is 5.26 Å². The first-order valence-electron chi connectivity index (χ1n) is 8.87. The Labute approximate surface area is 168 Å². The summed E-state index contributed by atoms with van der Waals surface area (Å²) in [6.07, 6.45) is 8.13. The van der Waals surface area contributed by atoms with Crippen LogP contribution in [0.4, 0.5) is 0 Å². The molecule has 0 amide bonds. The molecule has 1 aliphatic carbocycles. The lowest BCUT2D eigenvalue weighted by Gasteiger charge is -2.16. The molecule has 0 aliphatic heterocycles. The van der Waals surface area contributed by atoms with Crippen molar-refractivity contribution in [3.05, 3.63) is 35.4 Å². The molecule has 1 aromatic carbocycles. The number of nitrogens with zero attached hydrogens (tertiary/aromatic N) is 2. The van der Waals surface area contributed by atoms with Gasteiger partial charge in [-0.3, -0.25) is 4.99 Å². The van der Waals surface area contributed by atoms with Gasteiger partial charge in [-0.1, -0.05) is 37.8 Å². The lowest BCUT2D eigenvalue weighted by Crippen LogP contribution is -2.38. The van der Waals surface area contributed by atoms with E-state index < -0.39 is 0 Å². The molecule has 0 atom stereocenters. The van der Waals surface area contributed by atoms with Crippen molar-refractivity contribution < 1.29 is 4.74 Å². The van der Waals surface area contributed by atoms with E-state index in [0.717, 1.165) is 18.1 Å². The van der Waals surface area contributed by atoms with E-state index in [1.54, 1.807) is 7.05 Å². The molecule has 1 saturated carbocycles. The smallest absolute Gasteiger partial charge is 0.191 e. The molecule has 0 unspecified atom stereocenters. The zero-order valence-electron chi connectivity index (χ0n) is 15.0. The zero-order chi connectivity index (χ0) is 17.0. The third-order valence-corrected chi connectivity index (χ3v) is 4.32. The van der Waals surface area contributed by atoms with E-state index in [9.17, 15) is 0 Å². The minimum Gasteiger partial charge on any atom is -0.376 e. The number of hydrogen-bond acceptors (Lipinski definition) is 3. The van der Waals surface area contributed by atoms with Crippen molar-refractivity contribution in [3.63, 3.8) is 0 Å². The predicted octanol–water partition coefficient (Wildman–Crippen LogP) is 3.58. The summed E-state index contributed by atoms with van der Waals surface area (Å²) in [7, 11) is 1.76. The summed E-state index contributed by atoms with van der Waals surface area (Å²) in [5, 5.41) is 15.4. The molecule has 0 bridgehead atoms. The fourth-order valence-electron chi connectivity index (χ4n) is 2.91. The number of guanidine groups is 1. The third-order valence-electron chi connectivity index (χ3n) is 4.32. The summed E-state index contributed by atoms with van der Waals surface area (Å²) < 4.78 is 5.97. The molecule has 1 aliphatic rings. The number of ether oxygens (including phenoxy) is 1. The Morgan fingerprint density at radius 2 is 1.84 bits per heavy atom. The van der Waals surface area contributed by atoms with Crippen LogP contribution in [0.5, 0.6) is 0 Å². The number of halogens is 1. The van der Waals surface area contributed by atoms with Gasteiger partial charge < -0.3 is 15.4 Å². The van der Waals surface area contributed by atoms with Crippen molar-refractivity contribution in [3.8, 4) is 6.07 Å². The van der Waals surface area contributed by atoms with E-state index in [0.29, 0.717) is 24.8 Å². The van der Waals surface area contributed by atoms with Crippen LogP contribution in [0.3, 0.4) is 0 Å². The van der Waals surface area contributed by atoms with Gasteiger partial charge in [0.1, 0.15) is 0 Å². The fraction of sp³-hybridized carbons (Fsp3) is 0.579. The Morgan fingerprint density at radius 1 is 1.16 bits per heavy atom. The molecular formula is C19H29IN4O. The molecule has 1 aromatic rings.